The van der Waals surface area contributed by atoms with E-state index in [-0.39, 0.29) is 23.4 Å². The molecule has 2 atom stereocenters. The molecular weight excluding hydrogens is 242 g/mol. The third kappa shape index (κ3) is 1.81. The summed E-state index contributed by atoms with van der Waals surface area (Å²) in [7, 11) is 0. The molecule has 2 aliphatic carbocycles. The monoisotopic (exact) mass is 263 g/mol. The molecule has 2 N–H and O–H groups in total. The standard InChI is InChI=1S/C16H21N.ClH/c1-15(2)11-12-7-5-6-10-16(12,17)14-9-4-3-8-13(14)15;/h3-6,8-9,12H,7,10-11,17H2,1-2H3;1H. The molecule has 18 heavy (non-hydrogen) atoms. The summed E-state index contributed by atoms with van der Waals surface area (Å²) in [6.07, 6.45) is 7.88. The summed E-state index contributed by atoms with van der Waals surface area (Å²) >= 11 is 0. The van der Waals surface area contributed by atoms with Crippen molar-refractivity contribution in [3.8, 4) is 0 Å². The van der Waals surface area contributed by atoms with Crippen molar-refractivity contribution in [1.82, 2.24) is 0 Å². The summed E-state index contributed by atoms with van der Waals surface area (Å²) < 4.78 is 0. The molecule has 0 aliphatic heterocycles. The highest BCUT2D eigenvalue weighted by atomic mass is 35.5. The van der Waals surface area contributed by atoms with E-state index in [0.29, 0.717) is 5.92 Å². The van der Waals surface area contributed by atoms with E-state index < -0.39 is 0 Å². The Morgan fingerprint density at radius 3 is 2.50 bits per heavy atom. The summed E-state index contributed by atoms with van der Waals surface area (Å²) in [5.41, 5.74) is 9.71. The average molecular weight is 264 g/mol. The predicted molar refractivity (Wildman–Crippen MR) is 79.1 cm³/mol. The van der Waals surface area contributed by atoms with Crippen molar-refractivity contribution in [3.05, 3.63) is 47.5 Å². The molecule has 1 aromatic rings. The Labute approximate surface area is 116 Å². The first-order valence-corrected chi connectivity index (χ1v) is 6.58. The van der Waals surface area contributed by atoms with Gasteiger partial charge in [0.25, 0.3) is 0 Å². The largest absolute Gasteiger partial charge is 0.321 e. The predicted octanol–water partition coefficient (Wildman–Crippen LogP) is 3.91. The lowest BCUT2D eigenvalue weighted by molar-refractivity contribution is 0.182. The maximum atomic E-state index is 6.75. The fraction of sp³-hybridized carbons (Fsp3) is 0.500. The van der Waals surface area contributed by atoms with Crippen LogP contribution < -0.4 is 5.73 Å². The molecule has 2 unspecified atom stereocenters. The van der Waals surface area contributed by atoms with Gasteiger partial charge in [0.15, 0.2) is 0 Å². The van der Waals surface area contributed by atoms with Crippen LogP contribution in [0.1, 0.15) is 44.2 Å². The normalized spacial score (nSPS) is 32.1. The van der Waals surface area contributed by atoms with E-state index in [1.807, 2.05) is 0 Å². The lowest BCUT2D eigenvalue weighted by Gasteiger charge is -2.50. The van der Waals surface area contributed by atoms with Crippen LogP contribution in [0.3, 0.4) is 0 Å². The second-order valence-electron chi connectivity index (χ2n) is 6.28. The smallest absolute Gasteiger partial charge is 0.0479 e. The lowest BCUT2D eigenvalue weighted by atomic mass is 9.57. The van der Waals surface area contributed by atoms with Crippen LogP contribution >= 0.6 is 12.4 Å². The highest BCUT2D eigenvalue weighted by Gasteiger charge is 2.46. The molecule has 0 spiro atoms. The van der Waals surface area contributed by atoms with Gasteiger partial charge in [0.2, 0.25) is 0 Å². The van der Waals surface area contributed by atoms with Crippen molar-refractivity contribution in [2.75, 3.05) is 0 Å². The Hall–Kier alpha value is -0.790. The summed E-state index contributed by atoms with van der Waals surface area (Å²) in [6.45, 7) is 4.70. The minimum atomic E-state index is -0.124. The molecule has 2 heteroatoms. The van der Waals surface area contributed by atoms with E-state index in [9.17, 15) is 0 Å². The van der Waals surface area contributed by atoms with Crippen LogP contribution in [0.4, 0.5) is 0 Å². The van der Waals surface area contributed by atoms with Gasteiger partial charge in [-0.15, -0.1) is 12.4 Å². The molecule has 0 bridgehead atoms. The topological polar surface area (TPSA) is 26.0 Å². The summed E-state index contributed by atoms with van der Waals surface area (Å²) in [5.74, 6) is 0.595. The number of nitrogens with two attached hydrogens (primary N) is 1. The Bertz CT molecular complexity index is 478. The first kappa shape index (κ1) is 13.6. The van der Waals surface area contributed by atoms with Crippen LogP contribution in [-0.4, -0.2) is 0 Å². The van der Waals surface area contributed by atoms with Crippen LogP contribution in [-0.2, 0) is 11.0 Å². The van der Waals surface area contributed by atoms with Gasteiger partial charge < -0.3 is 5.73 Å². The van der Waals surface area contributed by atoms with Crippen molar-refractivity contribution in [2.24, 2.45) is 11.7 Å². The summed E-state index contributed by atoms with van der Waals surface area (Å²) in [5, 5.41) is 0. The molecule has 2 aliphatic rings. The van der Waals surface area contributed by atoms with Crippen LogP contribution in [0.25, 0.3) is 0 Å². The molecule has 0 saturated heterocycles. The molecule has 1 nitrogen and oxygen atoms in total. The number of fused-ring (bicyclic) bond motifs is 3. The van der Waals surface area contributed by atoms with Gasteiger partial charge >= 0.3 is 0 Å². The van der Waals surface area contributed by atoms with Crippen molar-refractivity contribution in [2.45, 2.75) is 44.1 Å². The van der Waals surface area contributed by atoms with Gasteiger partial charge in [0.05, 0.1) is 0 Å². The second kappa shape index (κ2) is 4.40. The molecule has 1 aromatic carbocycles. The van der Waals surface area contributed by atoms with E-state index in [1.54, 1.807) is 0 Å². The van der Waals surface area contributed by atoms with Gasteiger partial charge in [-0.1, -0.05) is 50.3 Å². The molecule has 0 fully saturated rings. The highest BCUT2D eigenvalue weighted by molar-refractivity contribution is 5.85. The van der Waals surface area contributed by atoms with Crippen LogP contribution in [0.2, 0.25) is 0 Å². The van der Waals surface area contributed by atoms with Gasteiger partial charge in [-0.2, -0.15) is 0 Å². The highest BCUT2D eigenvalue weighted by Crippen LogP contribution is 2.50. The minimum Gasteiger partial charge on any atom is -0.321 e. The number of benzene rings is 1. The molecule has 98 valence electrons. The van der Waals surface area contributed by atoms with Crippen LogP contribution in [0, 0.1) is 5.92 Å². The third-order valence-corrected chi connectivity index (χ3v) is 4.69. The van der Waals surface area contributed by atoms with Gasteiger partial charge in [0, 0.05) is 5.54 Å². The number of allylic oxidation sites excluding steroid dienone is 1. The molecule has 0 radical (unpaired) electrons. The lowest BCUT2D eigenvalue weighted by Crippen LogP contribution is -2.51. The van der Waals surface area contributed by atoms with Crippen LogP contribution in [0.15, 0.2) is 36.4 Å². The third-order valence-electron chi connectivity index (χ3n) is 4.69. The second-order valence-corrected chi connectivity index (χ2v) is 6.28. The van der Waals surface area contributed by atoms with Gasteiger partial charge in [-0.25, -0.2) is 0 Å². The average Bonchev–Trinajstić information content (AvgIpc) is 2.31. The van der Waals surface area contributed by atoms with Gasteiger partial charge in [-0.3, -0.25) is 0 Å². The van der Waals surface area contributed by atoms with E-state index in [4.69, 9.17) is 5.73 Å². The molecule has 0 amide bonds. The van der Waals surface area contributed by atoms with Crippen LogP contribution in [0.5, 0.6) is 0 Å². The maximum Gasteiger partial charge on any atom is 0.0479 e. The fourth-order valence-corrected chi connectivity index (χ4v) is 3.72. The zero-order valence-electron chi connectivity index (χ0n) is 11.1. The quantitative estimate of drug-likeness (QED) is 0.706. The molecule has 0 saturated carbocycles. The Kier molecular flexibility index (Phi) is 3.33. The zero-order chi connectivity index (χ0) is 12.1. The van der Waals surface area contributed by atoms with Gasteiger partial charge in [0.1, 0.15) is 0 Å². The molecule has 3 rings (SSSR count). The van der Waals surface area contributed by atoms with E-state index in [0.717, 1.165) is 12.8 Å². The first-order valence-electron chi connectivity index (χ1n) is 6.58. The van der Waals surface area contributed by atoms with E-state index in [1.165, 1.54) is 17.5 Å². The number of hydrogen-bond acceptors (Lipinski definition) is 1. The van der Waals surface area contributed by atoms with Crippen molar-refractivity contribution < 1.29 is 0 Å². The molecular formula is C16H22ClN. The van der Waals surface area contributed by atoms with E-state index in [2.05, 4.69) is 50.3 Å². The zero-order valence-corrected chi connectivity index (χ0v) is 12.0. The van der Waals surface area contributed by atoms with Crippen molar-refractivity contribution in [1.29, 1.82) is 0 Å². The molecule has 0 aromatic heterocycles. The summed E-state index contributed by atoms with van der Waals surface area (Å²) in [6, 6.07) is 8.77. The van der Waals surface area contributed by atoms with Gasteiger partial charge in [-0.05, 0) is 41.7 Å². The maximum absolute atomic E-state index is 6.75. The minimum absolute atomic E-state index is 0. The van der Waals surface area contributed by atoms with Crippen molar-refractivity contribution >= 4 is 12.4 Å². The number of halogens is 1. The SMILES string of the molecule is CC1(C)CC2CC=CCC2(N)c2ccccc21.Cl. The molecule has 0 heterocycles. The van der Waals surface area contributed by atoms with Crippen molar-refractivity contribution in [3.63, 3.8) is 0 Å². The Balaban J connectivity index is 0.00000120. The van der Waals surface area contributed by atoms with E-state index >= 15 is 0 Å². The first-order chi connectivity index (χ1) is 8.04. The summed E-state index contributed by atoms with van der Waals surface area (Å²) in [4.78, 5) is 0. The Morgan fingerprint density at radius 2 is 1.78 bits per heavy atom. The Morgan fingerprint density at radius 1 is 1.11 bits per heavy atom. The number of rotatable bonds is 0. The fourth-order valence-electron chi connectivity index (χ4n) is 3.72. The number of hydrogen-bond donors (Lipinski definition) is 1.